The molecular formula is C28H33BrN4O3. The summed E-state index contributed by atoms with van der Waals surface area (Å²) in [5.74, 6) is -0.0200. The minimum absolute atomic E-state index is 0.0475. The summed E-state index contributed by atoms with van der Waals surface area (Å²) in [6.45, 7) is 3.02. The van der Waals surface area contributed by atoms with Crippen molar-refractivity contribution in [3.05, 3.63) is 58.1 Å². The third-order valence-corrected chi connectivity index (χ3v) is 8.11. The second-order valence-corrected chi connectivity index (χ2v) is 10.9. The summed E-state index contributed by atoms with van der Waals surface area (Å²) in [6, 6.07) is 12.6. The molecule has 2 aromatic carbocycles. The van der Waals surface area contributed by atoms with E-state index >= 15 is 0 Å². The maximum Gasteiger partial charge on any atom is 0.258 e. The van der Waals surface area contributed by atoms with Crippen LogP contribution >= 0.6 is 15.9 Å². The van der Waals surface area contributed by atoms with Crippen molar-refractivity contribution >= 4 is 45.0 Å². The summed E-state index contributed by atoms with van der Waals surface area (Å²) in [7, 11) is 0. The molecule has 0 bridgehead atoms. The average Bonchev–Trinajstić information content (AvgIpc) is 3.25. The molecule has 0 aromatic heterocycles. The first-order chi connectivity index (χ1) is 17.5. The number of hydrogen-bond acceptors (Lipinski definition) is 4. The topological polar surface area (TPSA) is 81.8 Å². The molecule has 3 aliphatic rings. The standard InChI is InChI=1S/C28H33BrN4O3/c29-22-9-4-8-20(16-22)28(36)33-24-11-10-21(27(35)32-14-5-12-30-13-15-32)17-23(24)31-26(34)18-25(33)19-6-2-1-3-7-19/h4,8-11,16-17,19,25,30H,1-3,5-7,12-15,18H2,(H,31,34). The summed E-state index contributed by atoms with van der Waals surface area (Å²) in [5, 5.41) is 6.35. The van der Waals surface area contributed by atoms with Crippen molar-refractivity contribution in [2.75, 3.05) is 36.4 Å². The molecule has 1 unspecified atom stereocenters. The number of anilines is 2. The summed E-state index contributed by atoms with van der Waals surface area (Å²) in [4.78, 5) is 44.1. The Morgan fingerprint density at radius 1 is 0.889 bits per heavy atom. The number of carbonyl (C=O) groups excluding carboxylic acids is 3. The van der Waals surface area contributed by atoms with E-state index in [9.17, 15) is 14.4 Å². The largest absolute Gasteiger partial charge is 0.337 e. The second-order valence-electron chi connectivity index (χ2n) is 10.0. The molecular weight excluding hydrogens is 520 g/mol. The van der Waals surface area contributed by atoms with Gasteiger partial charge in [0, 0.05) is 47.7 Å². The summed E-state index contributed by atoms with van der Waals surface area (Å²) in [5.41, 5.74) is 2.29. The van der Waals surface area contributed by atoms with Crippen molar-refractivity contribution in [2.24, 2.45) is 5.92 Å². The Labute approximate surface area is 220 Å². The Kier molecular flexibility index (Phi) is 7.72. The van der Waals surface area contributed by atoms with E-state index in [1.54, 1.807) is 12.1 Å². The number of nitrogens with zero attached hydrogens (tertiary/aromatic N) is 2. The van der Waals surface area contributed by atoms with Crippen molar-refractivity contribution < 1.29 is 14.4 Å². The fraction of sp³-hybridized carbons (Fsp3) is 0.464. The average molecular weight is 554 g/mol. The van der Waals surface area contributed by atoms with Crippen LogP contribution in [0.4, 0.5) is 11.4 Å². The molecule has 2 fully saturated rings. The normalized spacial score (nSPS) is 21.2. The van der Waals surface area contributed by atoms with Crippen molar-refractivity contribution in [2.45, 2.75) is 51.0 Å². The number of carbonyl (C=O) groups is 3. The van der Waals surface area contributed by atoms with Gasteiger partial charge in [0.15, 0.2) is 0 Å². The highest BCUT2D eigenvalue weighted by Gasteiger charge is 2.38. The molecule has 0 radical (unpaired) electrons. The highest BCUT2D eigenvalue weighted by atomic mass is 79.9. The van der Waals surface area contributed by atoms with E-state index in [0.29, 0.717) is 35.6 Å². The first-order valence-corrected chi connectivity index (χ1v) is 13.8. The van der Waals surface area contributed by atoms with Gasteiger partial charge in [-0.15, -0.1) is 0 Å². The molecule has 2 aliphatic heterocycles. The van der Waals surface area contributed by atoms with Gasteiger partial charge in [-0.1, -0.05) is 41.3 Å². The highest BCUT2D eigenvalue weighted by molar-refractivity contribution is 9.10. The van der Waals surface area contributed by atoms with E-state index in [-0.39, 0.29) is 36.1 Å². The molecule has 5 rings (SSSR count). The van der Waals surface area contributed by atoms with E-state index in [1.807, 2.05) is 40.1 Å². The van der Waals surface area contributed by atoms with Gasteiger partial charge in [-0.05, 0) is 68.1 Å². The first-order valence-electron chi connectivity index (χ1n) is 13.0. The van der Waals surface area contributed by atoms with E-state index in [2.05, 4.69) is 26.6 Å². The van der Waals surface area contributed by atoms with Crippen LogP contribution in [0.2, 0.25) is 0 Å². The van der Waals surface area contributed by atoms with Gasteiger partial charge in [0.1, 0.15) is 0 Å². The zero-order valence-electron chi connectivity index (χ0n) is 20.5. The molecule has 3 amide bonds. The number of amides is 3. The second kappa shape index (κ2) is 11.1. The van der Waals surface area contributed by atoms with Crippen LogP contribution < -0.4 is 15.5 Å². The lowest BCUT2D eigenvalue weighted by Gasteiger charge is -2.37. The van der Waals surface area contributed by atoms with Crippen molar-refractivity contribution in [3.63, 3.8) is 0 Å². The molecule has 2 N–H and O–H groups in total. The summed E-state index contributed by atoms with van der Waals surface area (Å²) >= 11 is 3.49. The Balaban J connectivity index is 1.54. The van der Waals surface area contributed by atoms with Crippen LogP contribution in [0.25, 0.3) is 0 Å². The van der Waals surface area contributed by atoms with Crippen LogP contribution in [0, 0.1) is 5.92 Å². The van der Waals surface area contributed by atoms with Crippen molar-refractivity contribution in [1.29, 1.82) is 0 Å². The van der Waals surface area contributed by atoms with Crippen LogP contribution in [0.5, 0.6) is 0 Å². The third kappa shape index (κ3) is 5.34. The van der Waals surface area contributed by atoms with Gasteiger partial charge in [-0.3, -0.25) is 14.4 Å². The smallest absolute Gasteiger partial charge is 0.258 e. The third-order valence-electron chi connectivity index (χ3n) is 7.61. The predicted octanol–water partition coefficient (Wildman–Crippen LogP) is 4.82. The zero-order valence-corrected chi connectivity index (χ0v) is 22.1. The van der Waals surface area contributed by atoms with Crippen LogP contribution in [0.3, 0.4) is 0 Å². The monoisotopic (exact) mass is 552 g/mol. The van der Waals surface area contributed by atoms with Crippen LogP contribution in [-0.4, -0.2) is 54.8 Å². The van der Waals surface area contributed by atoms with Crippen LogP contribution in [0.1, 0.15) is 65.7 Å². The maximum absolute atomic E-state index is 14.0. The number of nitrogens with one attached hydrogen (secondary N) is 2. The molecule has 0 spiro atoms. The first kappa shape index (κ1) is 25.0. The highest BCUT2D eigenvalue weighted by Crippen LogP contribution is 2.40. The minimum atomic E-state index is -0.226. The lowest BCUT2D eigenvalue weighted by atomic mass is 9.81. The molecule has 7 nitrogen and oxygen atoms in total. The quantitative estimate of drug-likeness (QED) is 0.571. The molecule has 190 valence electrons. The minimum Gasteiger partial charge on any atom is -0.337 e. The fourth-order valence-electron chi connectivity index (χ4n) is 5.79. The number of hydrogen-bond donors (Lipinski definition) is 2. The van der Waals surface area contributed by atoms with Gasteiger partial charge in [-0.25, -0.2) is 0 Å². The molecule has 1 atom stereocenters. The molecule has 1 aliphatic carbocycles. The Hall–Kier alpha value is -2.71. The SMILES string of the molecule is O=C1CC(C2CCCCC2)N(C(=O)c2cccc(Br)c2)c2ccc(C(=O)N3CCCNCC3)cc2N1. The Bertz CT molecular complexity index is 1140. The van der Waals surface area contributed by atoms with Gasteiger partial charge < -0.3 is 20.4 Å². The Morgan fingerprint density at radius 2 is 1.69 bits per heavy atom. The van der Waals surface area contributed by atoms with Gasteiger partial charge in [-0.2, -0.15) is 0 Å². The maximum atomic E-state index is 14.0. The van der Waals surface area contributed by atoms with Crippen molar-refractivity contribution in [3.8, 4) is 0 Å². The van der Waals surface area contributed by atoms with Gasteiger partial charge >= 0.3 is 0 Å². The van der Waals surface area contributed by atoms with Gasteiger partial charge in [0.25, 0.3) is 11.8 Å². The van der Waals surface area contributed by atoms with E-state index in [0.717, 1.165) is 49.7 Å². The molecule has 36 heavy (non-hydrogen) atoms. The molecule has 2 heterocycles. The number of fused-ring (bicyclic) bond motifs is 1. The van der Waals surface area contributed by atoms with Gasteiger partial charge in [0.05, 0.1) is 11.4 Å². The zero-order chi connectivity index (χ0) is 25.1. The molecule has 8 heteroatoms. The summed E-state index contributed by atoms with van der Waals surface area (Å²) < 4.78 is 0.833. The van der Waals surface area contributed by atoms with E-state index < -0.39 is 0 Å². The van der Waals surface area contributed by atoms with Crippen LogP contribution in [0.15, 0.2) is 46.9 Å². The van der Waals surface area contributed by atoms with E-state index in [1.165, 1.54) is 6.42 Å². The summed E-state index contributed by atoms with van der Waals surface area (Å²) in [6.07, 6.45) is 6.61. The fourth-order valence-corrected chi connectivity index (χ4v) is 6.19. The van der Waals surface area contributed by atoms with Crippen molar-refractivity contribution in [1.82, 2.24) is 10.2 Å². The molecule has 2 aromatic rings. The molecule has 1 saturated heterocycles. The number of rotatable bonds is 3. The lowest BCUT2D eigenvalue weighted by molar-refractivity contribution is -0.116. The lowest BCUT2D eigenvalue weighted by Crippen LogP contribution is -2.46. The predicted molar refractivity (Wildman–Crippen MR) is 144 cm³/mol. The van der Waals surface area contributed by atoms with Crippen LogP contribution in [-0.2, 0) is 4.79 Å². The number of benzene rings is 2. The Morgan fingerprint density at radius 3 is 2.50 bits per heavy atom. The van der Waals surface area contributed by atoms with E-state index in [4.69, 9.17) is 0 Å². The van der Waals surface area contributed by atoms with Gasteiger partial charge in [0.2, 0.25) is 5.91 Å². The number of halogens is 1. The molecule has 1 saturated carbocycles.